The molecule has 0 aliphatic carbocycles. The van der Waals surface area contributed by atoms with E-state index in [9.17, 15) is 13.2 Å². The second-order valence-corrected chi connectivity index (χ2v) is 7.62. The van der Waals surface area contributed by atoms with Crippen molar-refractivity contribution < 1.29 is 22.5 Å². The summed E-state index contributed by atoms with van der Waals surface area (Å²) in [5.41, 5.74) is 2.11. The number of hydrogen-bond donors (Lipinski definition) is 1. The van der Waals surface area contributed by atoms with E-state index in [4.69, 9.17) is 9.26 Å². The third-order valence-electron chi connectivity index (χ3n) is 3.55. The van der Waals surface area contributed by atoms with Gasteiger partial charge in [0.05, 0.1) is 17.5 Å². The zero-order valence-electron chi connectivity index (χ0n) is 14.7. The molecule has 0 saturated carbocycles. The Balaban J connectivity index is 1.69. The van der Waals surface area contributed by atoms with Gasteiger partial charge in [0.1, 0.15) is 0 Å². The number of rotatable bonds is 6. The number of carbonyl (C=O) groups is 1. The van der Waals surface area contributed by atoms with Gasteiger partial charge < -0.3 is 9.26 Å². The highest BCUT2D eigenvalue weighted by Crippen LogP contribution is 2.19. The molecule has 1 aromatic heterocycles. The van der Waals surface area contributed by atoms with Crippen LogP contribution in [-0.4, -0.2) is 30.8 Å². The Morgan fingerprint density at radius 3 is 2.56 bits per heavy atom. The van der Waals surface area contributed by atoms with Gasteiger partial charge in [-0.3, -0.25) is 4.72 Å². The predicted octanol–water partition coefficient (Wildman–Crippen LogP) is 2.77. The van der Waals surface area contributed by atoms with Gasteiger partial charge in [0.25, 0.3) is 5.89 Å². The number of aryl methyl sites for hydroxylation is 1. The van der Waals surface area contributed by atoms with E-state index in [-0.39, 0.29) is 23.7 Å². The number of benzene rings is 2. The smallest absolute Gasteiger partial charge is 0.340 e. The zero-order valence-corrected chi connectivity index (χ0v) is 15.5. The number of anilines is 1. The molecule has 0 radical (unpaired) electrons. The van der Waals surface area contributed by atoms with E-state index >= 15 is 0 Å². The molecule has 1 heterocycles. The highest BCUT2D eigenvalue weighted by Gasteiger charge is 2.17. The molecule has 0 atom stereocenters. The number of aromatic nitrogens is 2. The lowest BCUT2D eigenvalue weighted by Gasteiger charge is -2.09. The highest BCUT2D eigenvalue weighted by molar-refractivity contribution is 7.92. The fourth-order valence-corrected chi connectivity index (χ4v) is 2.87. The normalized spacial score (nSPS) is 11.2. The Hall–Kier alpha value is -3.20. The molecule has 0 aliphatic rings. The van der Waals surface area contributed by atoms with Crippen LogP contribution in [0.15, 0.2) is 53.1 Å². The maximum absolute atomic E-state index is 12.3. The van der Waals surface area contributed by atoms with Crippen LogP contribution in [0.1, 0.15) is 21.8 Å². The van der Waals surface area contributed by atoms with Crippen molar-refractivity contribution in [1.82, 2.24) is 10.1 Å². The molecule has 8 nitrogen and oxygen atoms in total. The topological polar surface area (TPSA) is 111 Å². The van der Waals surface area contributed by atoms with Crippen LogP contribution in [0.5, 0.6) is 0 Å². The van der Waals surface area contributed by atoms with E-state index in [1.165, 1.54) is 12.1 Å². The lowest BCUT2D eigenvalue weighted by Crippen LogP contribution is -2.14. The van der Waals surface area contributed by atoms with E-state index < -0.39 is 16.0 Å². The summed E-state index contributed by atoms with van der Waals surface area (Å²) in [6.45, 7) is 1.74. The largest absolute Gasteiger partial charge is 0.452 e. The van der Waals surface area contributed by atoms with Crippen LogP contribution in [-0.2, 0) is 21.4 Å². The van der Waals surface area contributed by atoms with E-state index in [1.807, 2.05) is 31.2 Å². The van der Waals surface area contributed by atoms with Crippen molar-refractivity contribution >= 4 is 21.7 Å². The number of hydrogen-bond acceptors (Lipinski definition) is 7. The first kappa shape index (κ1) is 18.6. The summed E-state index contributed by atoms with van der Waals surface area (Å²) in [5.74, 6) is -0.190. The molecular formula is C18H17N3O5S. The summed E-state index contributed by atoms with van der Waals surface area (Å²) < 4.78 is 35.4. The fourth-order valence-electron chi connectivity index (χ4n) is 2.29. The van der Waals surface area contributed by atoms with Crippen molar-refractivity contribution in [2.45, 2.75) is 13.5 Å². The van der Waals surface area contributed by atoms with Crippen LogP contribution in [0.25, 0.3) is 11.4 Å². The summed E-state index contributed by atoms with van der Waals surface area (Å²) in [5, 5.41) is 3.86. The maximum Gasteiger partial charge on any atom is 0.340 e. The Kier molecular flexibility index (Phi) is 5.22. The summed E-state index contributed by atoms with van der Waals surface area (Å²) in [6.07, 6.45) is 1.00. The molecule has 3 rings (SSSR count). The molecule has 0 amide bonds. The molecule has 140 valence electrons. The molecule has 1 N–H and O–H groups in total. The molecule has 3 aromatic rings. The van der Waals surface area contributed by atoms with Crippen molar-refractivity contribution in [3.8, 4) is 11.4 Å². The molecule has 27 heavy (non-hydrogen) atoms. The molecule has 2 aromatic carbocycles. The van der Waals surface area contributed by atoms with Gasteiger partial charge in [-0.25, -0.2) is 13.2 Å². The number of nitrogens with one attached hydrogen (secondary N) is 1. The highest BCUT2D eigenvalue weighted by atomic mass is 32.2. The summed E-state index contributed by atoms with van der Waals surface area (Å²) >= 11 is 0. The van der Waals surface area contributed by atoms with Gasteiger partial charge in [0.15, 0.2) is 6.61 Å². The number of para-hydroxylation sites is 1. The average molecular weight is 387 g/mol. The average Bonchev–Trinajstić information content (AvgIpc) is 3.08. The van der Waals surface area contributed by atoms with Gasteiger partial charge >= 0.3 is 5.97 Å². The monoisotopic (exact) mass is 387 g/mol. The first-order valence-corrected chi connectivity index (χ1v) is 9.84. The molecule has 0 fully saturated rings. The predicted molar refractivity (Wildman–Crippen MR) is 98.5 cm³/mol. The minimum Gasteiger partial charge on any atom is -0.452 e. The number of ether oxygens (including phenoxy) is 1. The van der Waals surface area contributed by atoms with E-state index in [1.54, 1.807) is 12.1 Å². The van der Waals surface area contributed by atoms with E-state index in [0.29, 0.717) is 5.82 Å². The van der Waals surface area contributed by atoms with Crippen molar-refractivity contribution in [3.05, 3.63) is 65.5 Å². The summed E-state index contributed by atoms with van der Waals surface area (Å²) in [6, 6.07) is 13.7. The Morgan fingerprint density at radius 2 is 1.85 bits per heavy atom. The summed E-state index contributed by atoms with van der Waals surface area (Å²) in [4.78, 5) is 16.5. The Morgan fingerprint density at radius 1 is 1.15 bits per heavy atom. The van der Waals surface area contributed by atoms with Gasteiger partial charge in [-0.2, -0.15) is 4.98 Å². The number of sulfonamides is 1. The van der Waals surface area contributed by atoms with Gasteiger partial charge in [-0.1, -0.05) is 47.1 Å². The van der Waals surface area contributed by atoms with Crippen LogP contribution in [0.4, 0.5) is 5.69 Å². The standard InChI is InChI=1S/C18H17N3O5S/c1-12-7-9-13(10-8-12)17-19-16(26-20-17)11-25-18(22)14-5-3-4-6-15(14)21-27(2,23)24/h3-10,21H,11H2,1-2H3. The first-order valence-electron chi connectivity index (χ1n) is 7.95. The quantitative estimate of drug-likeness (QED) is 0.647. The second kappa shape index (κ2) is 7.58. The van der Waals surface area contributed by atoms with E-state index in [2.05, 4.69) is 14.9 Å². The van der Waals surface area contributed by atoms with Gasteiger partial charge in [-0.05, 0) is 19.1 Å². The second-order valence-electron chi connectivity index (χ2n) is 5.87. The van der Waals surface area contributed by atoms with Crippen LogP contribution < -0.4 is 4.72 Å². The SMILES string of the molecule is Cc1ccc(-c2noc(COC(=O)c3ccccc3NS(C)(=O)=O)n2)cc1. The number of esters is 1. The molecule has 0 bridgehead atoms. The van der Waals surface area contributed by atoms with Gasteiger partial charge in [0.2, 0.25) is 15.8 Å². The lowest BCUT2D eigenvalue weighted by molar-refractivity contribution is 0.0431. The van der Waals surface area contributed by atoms with Crippen molar-refractivity contribution in [2.75, 3.05) is 11.0 Å². The van der Waals surface area contributed by atoms with Crippen LogP contribution in [0, 0.1) is 6.92 Å². The van der Waals surface area contributed by atoms with Crippen molar-refractivity contribution in [3.63, 3.8) is 0 Å². The van der Waals surface area contributed by atoms with Crippen LogP contribution in [0.3, 0.4) is 0 Å². The van der Waals surface area contributed by atoms with Gasteiger partial charge in [-0.15, -0.1) is 0 Å². The number of carbonyl (C=O) groups excluding carboxylic acids is 1. The maximum atomic E-state index is 12.3. The minimum absolute atomic E-state index is 0.0844. The van der Waals surface area contributed by atoms with Crippen LogP contribution >= 0.6 is 0 Å². The van der Waals surface area contributed by atoms with Crippen LogP contribution in [0.2, 0.25) is 0 Å². The molecule has 0 spiro atoms. The Bertz CT molecular complexity index is 1060. The van der Waals surface area contributed by atoms with Crippen molar-refractivity contribution in [1.29, 1.82) is 0 Å². The molecular weight excluding hydrogens is 370 g/mol. The minimum atomic E-state index is -3.53. The molecule has 0 aliphatic heterocycles. The summed E-state index contributed by atoms with van der Waals surface area (Å²) in [7, 11) is -3.53. The zero-order chi connectivity index (χ0) is 19.4. The third kappa shape index (κ3) is 4.91. The molecule has 9 heteroatoms. The Labute approximate surface area is 156 Å². The molecule has 0 saturated heterocycles. The fraction of sp³-hybridized carbons (Fsp3) is 0.167. The van der Waals surface area contributed by atoms with E-state index in [0.717, 1.165) is 17.4 Å². The molecule has 0 unspecified atom stereocenters. The third-order valence-corrected chi connectivity index (χ3v) is 4.14. The van der Waals surface area contributed by atoms with Crippen molar-refractivity contribution in [2.24, 2.45) is 0 Å². The first-order chi connectivity index (χ1) is 12.8. The number of nitrogens with zero attached hydrogens (tertiary/aromatic N) is 2. The van der Waals surface area contributed by atoms with Gasteiger partial charge in [0, 0.05) is 5.56 Å². The lowest BCUT2D eigenvalue weighted by atomic mass is 10.1.